The van der Waals surface area contributed by atoms with Crippen molar-refractivity contribution in [2.45, 2.75) is 32.4 Å². The second kappa shape index (κ2) is 8.71. The van der Waals surface area contributed by atoms with E-state index in [4.69, 9.17) is 10.5 Å². The minimum atomic E-state index is -0.358. The first-order valence-electron chi connectivity index (χ1n) is 10.5. The van der Waals surface area contributed by atoms with Gasteiger partial charge < -0.3 is 20.7 Å². The number of amides is 1. The van der Waals surface area contributed by atoms with Crippen molar-refractivity contribution in [3.63, 3.8) is 0 Å². The topological polar surface area (TPSA) is 84.7 Å². The molecule has 2 aromatic carbocycles. The Morgan fingerprint density at radius 2 is 1.80 bits per heavy atom. The van der Waals surface area contributed by atoms with Gasteiger partial charge in [0.05, 0.1) is 12.8 Å². The summed E-state index contributed by atoms with van der Waals surface area (Å²) in [6.45, 7) is 3.80. The number of anilines is 1. The Labute approximate surface area is 176 Å². The Bertz CT molecular complexity index is 976. The smallest absolute Gasteiger partial charge is 0.334 e. The molecule has 0 aliphatic carbocycles. The number of nitrogens with two attached hydrogens (primary N) is 1. The summed E-state index contributed by atoms with van der Waals surface area (Å²) < 4.78 is 5.17. The third-order valence-electron chi connectivity index (χ3n) is 5.56. The van der Waals surface area contributed by atoms with E-state index in [1.54, 1.807) is 6.92 Å². The van der Waals surface area contributed by atoms with E-state index >= 15 is 0 Å². The highest BCUT2D eigenvalue weighted by Gasteiger charge is 2.21. The molecule has 0 radical (unpaired) electrons. The summed E-state index contributed by atoms with van der Waals surface area (Å²) >= 11 is 0. The SMILES string of the molecule is CCOC(=O)C1=Cc2cc(-c3ccc(C(=O)N4CCCC4)cc3)ccc2NC(N)C1. The molecule has 2 aliphatic rings. The van der Waals surface area contributed by atoms with Crippen LogP contribution in [0.2, 0.25) is 0 Å². The lowest BCUT2D eigenvalue weighted by Gasteiger charge is -2.16. The molecular weight excluding hydrogens is 378 g/mol. The first-order valence-corrected chi connectivity index (χ1v) is 10.5. The van der Waals surface area contributed by atoms with Crippen LogP contribution in [0.5, 0.6) is 0 Å². The van der Waals surface area contributed by atoms with Gasteiger partial charge in [0.1, 0.15) is 0 Å². The lowest BCUT2D eigenvalue weighted by Crippen LogP contribution is -2.30. The van der Waals surface area contributed by atoms with Gasteiger partial charge in [-0.15, -0.1) is 0 Å². The normalized spacial score (nSPS) is 18.1. The highest BCUT2D eigenvalue weighted by molar-refractivity contribution is 5.96. The molecule has 1 amide bonds. The quantitative estimate of drug-likeness (QED) is 0.759. The van der Waals surface area contributed by atoms with E-state index in [9.17, 15) is 9.59 Å². The molecular formula is C24H27N3O3. The molecule has 2 heterocycles. The summed E-state index contributed by atoms with van der Waals surface area (Å²) in [5, 5.41) is 3.25. The van der Waals surface area contributed by atoms with Crippen molar-refractivity contribution in [2.75, 3.05) is 25.0 Å². The minimum Gasteiger partial charge on any atom is -0.463 e. The van der Waals surface area contributed by atoms with Gasteiger partial charge in [0, 0.05) is 36.3 Å². The summed E-state index contributed by atoms with van der Waals surface area (Å²) in [6, 6.07) is 13.7. The number of nitrogens with one attached hydrogen (secondary N) is 1. The molecule has 1 saturated heterocycles. The van der Waals surface area contributed by atoms with Crippen LogP contribution in [0.15, 0.2) is 48.0 Å². The van der Waals surface area contributed by atoms with Gasteiger partial charge in [-0.1, -0.05) is 18.2 Å². The Hall–Kier alpha value is -3.12. The van der Waals surface area contributed by atoms with Crippen LogP contribution in [0.3, 0.4) is 0 Å². The molecule has 6 heteroatoms. The fraction of sp³-hybridized carbons (Fsp3) is 0.333. The highest BCUT2D eigenvalue weighted by atomic mass is 16.5. The van der Waals surface area contributed by atoms with Gasteiger partial charge in [0.15, 0.2) is 0 Å². The van der Waals surface area contributed by atoms with Crippen molar-refractivity contribution in [3.8, 4) is 11.1 Å². The van der Waals surface area contributed by atoms with Gasteiger partial charge in [0.25, 0.3) is 5.91 Å². The molecule has 156 valence electrons. The number of rotatable bonds is 4. The average molecular weight is 405 g/mol. The summed E-state index contributed by atoms with van der Waals surface area (Å²) in [4.78, 5) is 26.7. The Kier molecular flexibility index (Phi) is 5.86. The van der Waals surface area contributed by atoms with E-state index in [1.807, 2.05) is 53.4 Å². The fourth-order valence-electron chi connectivity index (χ4n) is 4.00. The lowest BCUT2D eigenvalue weighted by molar-refractivity contribution is -0.138. The molecule has 30 heavy (non-hydrogen) atoms. The van der Waals surface area contributed by atoms with E-state index in [2.05, 4.69) is 5.32 Å². The van der Waals surface area contributed by atoms with Crippen molar-refractivity contribution in [1.82, 2.24) is 4.90 Å². The second-order valence-corrected chi connectivity index (χ2v) is 7.72. The predicted molar refractivity (Wildman–Crippen MR) is 118 cm³/mol. The van der Waals surface area contributed by atoms with Crippen LogP contribution in [-0.2, 0) is 9.53 Å². The first kappa shape index (κ1) is 20.2. The van der Waals surface area contributed by atoms with Crippen LogP contribution in [0.4, 0.5) is 5.69 Å². The third kappa shape index (κ3) is 4.24. The Morgan fingerprint density at radius 1 is 1.10 bits per heavy atom. The van der Waals surface area contributed by atoms with Crippen LogP contribution in [0, 0.1) is 0 Å². The zero-order valence-corrected chi connectivity index (χ0v) is 17.2. The first-order chi connectivity index (χ1) is 14.5. The number of ether oxygens (including phenoxy) is 1. The van der Waals surface area contributed by atoms with E-state index in [-0.39, 0.29) is 18.0 Å². The monoisotopic (exact) mass is 405 g/mol. The molecule has 0 saturated carbocycles. The molecule has 0 spiro atoms. The third-order valence-corrected chi connectivity index (χ3v) is 5.56. The Morgan fingerprint density at radius 3 is 2.50 bits per heavy atom. The number of fused-ring (bicyclic) bond motifs is 1. The number of esters is 1. The highest BCUT2D eigenvalue weighted by Crippen LogP contribution is 2.31. The van der Waals surface area contributed by atoms with Gasteiger partial charge in [-0.3, -0.25) is 4.79 Å². The Balaban J connectivity index is 1.61. The van der Waals surface area contributed by atoms with Crippen LogP contribution < -0.4 is 11.1 Å². The minimum absolute atomic E-state index is 0.0983. The van der Waals surface area contributed by atoms with Gasteiger partial charge in [0.2, 0.25) is 0 Å². The number of nitrogens with zero attached hydrogens (tertiary/aromatic N) is 1. The van der Waals surface area contributed by atoms with Crippen molar-refractivity contribution in [3.05, 3.63) is 59.2 Å². The molecule has 0 bridgehead atoms. The van der Waals surface area contributed by atoms with Crippen LogP contribution in [-0.4, -0.2) is 42.6 Å². The van der Waals surface area contributed by atoms with Gasteiger partial charge >= 0.3 is 5.97 Å². The number of hydrogen-bond donors (Lipinski definition) is 2. The molecule has 1 unspecified atom stereocenters. The summed E-state index contributed by atoms with van der Waals surface area (Å²) in [7, 11) is 0. The predicted octanol–water partition coefficient (Wildman–Crippen LogP) is 3.64. The second-order valence-electron chi connectivity index (χ2n) is 7.72. The van der Waals surface area contributed by atoms with Crippen molar-refractivity contribution in [1.29, 1.82) is 0 Å². The number of hydrogen-bond acceptors (Lipinski definition) is 5. The summed E-state index contributed by atoms with van der Waals surface area (Å²) in [6.07, 6.45) is 4.05. The maximum atomic E-state index is 12.6. The average Bonchev–Trinajstić information content (AvgIpc) is 3.23. The van der Waals surface area contributed by atoms with Crippen LogP contribution in [0.1, 0.15) is 42.1 Å². The van der Waals surface area contributed by atoms with Crippen molar-refractivity contribution in [2.24, 2.45) is 5.73 Å². The molecule has 2 aromatic rings. The lowest BCUT2D eigenvalue weighted by atomic mass is 9.99. The fourth-order valence-corrected chi connectivity index (χ4v) is 4.00. The summed E-state index contributed by atoms with van der Waals surface area (Å²) in [5.74, 6) is -0.237. The van der Waals surface area contributed by atoms with E-state index in [0.29, 0.717) is 24.2 Å². The van der Waals surface area contributed by atoms with E-state index in [0.717, 1.165) is 48.3 Å². The molecule has 6 nitrogen and oxygen atoms in total. The largest absolute Gasteiger partial charge is 0.463 e. The standard InChI is InChI=1S/C24H27N3O3/c1-2-30-24(29)20-14-19-13-18(9-10-21(19)26-22(25)15-20)16-5-7-17(8-6-16)23(28)27-11-3-4-12-27/h5-10,13-14,22,26H,2-4,11-12,15,25H2,1H3. The van der Waals surface area contributed by atoms with Gasteiger partial charge in [-0.25, -0.2) is 4.79 Å². The molecule has 0 aromatic heterocycles. The molecule has 2 aliphatic heterocycles. The zero-order chi connectivity index (χ0) is 21.1. The number of benzene rings is 2. The van der Waals surface area contributed by atoms with Crippen molar-refractivity contribution < 1.29 is 14.3 Å². The number of carbonyl (C=O) groups excluding carboxylic acids is 2. The zero-order valence-electron chi connectivity index (χ0n) is 17.2. The van der Waals surface area contributed by atoms with Crippen molar-refractivity contribution >= 4 is 23.6 Å². The van der Waals surface area contributed by atoms with Gasteiger partial charge in [-0.05, 0) is 66.8 Å². The van der Waals surface area contributed by atoms with Gasteiger partial charge in [-0.2, -0.15) is 0 Å². The van der Waals surface area contributed by atoms with E-state index in [1.165, 1.54) is 0 Å². The van der Waals surface area contributed by atoms with Crippen LogP contribution in [0.25, 0.3) is 17.2 Å². The number of carbonyl (C=O) groups is 2. The summed E-state index contributed by atoms with van der Waals surface area (Å²) in [5.41, 5.74) is 11.2. The molecule has 1 atom stereocenters. The molecule has 1 fully saturated rings. The maximum absolute atomic E-state index is 12.6. The molecule has 3 N–H and O–H groups in total. The van der Waals surface area contributed by atoms with E-state index < -0.39 is 0 Å². The van der Waals surface area contributed by atoms with Crippen LogP contribution >= 0.6 is 0 Å². The maximum Gasteiger partial charge on any atom is 0.334 e. The number of likely N-dealkylation sites (tertiary alicyclic amines) is 1. The molecule has 4 rings (SSSR count).